The van der Waals surface area contributed by atoms with Crippen molar-refractivity contribution in [1.82, 2.24) is 10.2 Å². The number of sulfonamides is 1. The molecule has 0 unspecified atom stereocenters. The SMILES string of the molecule is COc1ccc(Cl)cc1N(CC(=O)NCCN(C)C)S(=O)(=O)c1ccccc1. The number of ether oxygens (including phenoxy) is 1. The Kier molecular flexibility index (Phi) is 7.68. The van der Waals surface area contributed by atoms with Gasteiger partial charge in [-0.05, 0) is 44.4 Å². The monoisotopic (exact) mass is 425 g/mol. The number of anilines is 1. The van der Waals surface area contributed by atoms with Crippen molar-refractivity contribution in [3.63, 3.8) is 0 Å². The molecule has 0 heterocycles. The molecule has 1 N–H and O–H groups in total. The molecule has 0 saturated carbocycles. The van der Waals surface area contributed by atoms with E-state index in [1.54, 1.807) is 30.3 Å². The smallest absolute Gasteiger partial charge is 0.264 e. The molecule has 0 atom stereocenters. The molecule has 0 aromatic heterocycles. The van der Waals surface area contributed by atoms with E-state index in [4.69, 9.17) is 16.3 Å². The number of carbonyl (C=O) groups excluding carboxylic acids is 1. The van der Waals surface area contributed by atoms with E-state index in [1.165, 1.54) is 25.3 Å². The van der Waals surface area contributed by atoms with Crippen LogP contribution in [0.3, 0.4) is 0 Å². The Hall–Kier alpha value is -2.29. The van der Waals surface area contributed by atoms with Crippen LogP contribution in [0.2, 0.25) is 5.02 Å². The Morgan fingerprint density at radius 3 is 2.43 bits per heavy atom. The second-order valence-corrected chi connectivity index (χ2v) is 8.59. The van der Waals surface area contributed by atoms with Gasteiger partial charge in [0.05, 0.1) is 17.7 Å². The van der Waals surface area contributed by atoms with Crippen molar-refractivity contribution in [1.29, 1.82) is 0 Å². The van der Waals surface area contributed by atoms with E-state index in [2.05, 4.69) is 5.32 Å². The predicted molar refractivity (Wildman–Crippen MR) is 111 cm³/mol. The third-order valence-electron chi connectivity index (χ3n) is 3.91. The van der Waals surface area contributed by atoms with Gasteiger partial charge in [0.2, 0.25) is 5.91 Å². The Morgan fingerprint density at radius 2 is 1.82 bits per heavy atom. The minimum Gasteiger partial charge on any atom is -0.495 e. The van der Waals surface area contributed by atoms with Crippen LogP contribution in [0.25, 0.3) is 0 Å². The van der Waals surface area contributed by atoms with Gasteiger partial charge in [-0.2, -0.15) is 0 Å². The third kappa shape index (κ3) is 5.60. The van der Waals surface area contributed by atoms with Crippen LogP contribution in [0, 0.1) is 0 Å². The third-order valence-corrected chi connectivity index (χ3v) is 5.92. The van der Waals surface area contributed by atoms with Crippen LogP contribution in [0.4, 0.5) is 5.69 Å². The van der Waals surface area contributed by atoms with Crippen molar-refractivity contribution < 1.29 is 17.9 Å². The highest BCUT2D eigenvalue weighted by Crippen LogP contribution is 2.34. The topological polar surface area (TPSA) is 79.0 Å². The lowest BCUT2D eigenvalue weighted by Gasteiger charge is -2.26. The standard InChI is InChI=1S/C19H24ClN3O4S/c1-22(2)12-11-21-19(24)14-23(17-13-15(20)9-10-18(17)27-3)28(25,26)16-7-5-4-6-8-16/h4-10,13H,11-12,14H2,1-3H3,(H,21,24). The molecule has 0 saturated heterocycles. The Labute approximate surface area is 170 Å². The highest BCUT2D eigenvalue weighted by molar-refractivity contribution is 7.92. The van der Waals surface area contributed by atoms with Gasteiger partial charge in [0.1, 0.15) is 12.3 Å². The first kappa shape index (κ1) is 22.0. The number of nitrogens with zero attached hydrogens (tertiary/aromatic N) is 2. The Balaban J connectivity index is 2.42. The molecule has 0 fully saturated rings. The van der Waals surface area contributed by atoms with Crippen molar-refractivity contribution in [2.75, 3.05) is 45.1 Å². The molecule has 28 heavy (non-hydrogen) atoms. The van der Waals surface area contributed by atoms with Crippen molar-refractivity contribution in [2.45, 2.75) is 4.90 Å². The molecular formula is C19H24ClN3O4S. The van der Waals surface area contributed by atoms with E-state index in [0.717, 1.165) is 4.31 Å². The fourth-order valence-corrected chi connectivity index (χ4v) is 4.09. The molecule has 2 rings (SSSR count). The highest BCUT2D eigenvalue weighted by Gasteiger charge is 2.29. The summed E-state index contributed by atoms with van der Waals surface area (Å²) < 4.78 is 32.9. The maximum absolute atomic E-state index is 13.3. The Morgan fingerprint density at radius 1 is 1.14 bits per heavy atom. The molecule has 9 heteroatoms. The van der Waals surface area contributed by atoms with E-state index >= 15 is 0 Å². The quantitative estimate of drug-likeness (QED) is 0.666. The lowest BCUT2D eigenvalue weighted by atomic mass is 10.3. The first-order valence-corrected chi connectivity index (χ1v) is 10.4. The lowest BCUT2D eigenvalue weighted by molar-refractivity contribution is -0.119. The van der Waals surface area contributed by atoms with E-state index in [1.807, 2.05) is 19.0 Å². The van der Waals surface area contributed by atoms with Crippen molar-refractivity contribution in [3.8, 4) is 5.75 Å². The average molecular weight is 426 g/mol. The zero-order valence-electron chi connectivity index (χ0n) is 16.1. The maximum atomic E-state index is 13.3. The number of nitrogens with one attached hydrogen (secondary N) is 1. The molecule has 0 aliphatic rings. The normalized spacial score (nSPS) is 11.3. The van der Waals surface area contributed by atoms with Crippen LogP contribution in [-0.2, 0) is 14.8 Å². The van der Waals surface area contributed by atoms with Gasteiger partial charge in [0.15, 0.2) is 0 Å². The minimum atomic E-state index is -4.02. The molecular weight excluding hydrogens is 402 g/mol. The highest BCUT2D eigenvalue weighted by atomic mass is 35.5. The van der Waals surface area contributed by atoms with E-state index in [9.17, 15) is 13.2 Å². The van der Waals surface area contributed by atoms with E-state index < -0.39 is 22.5 Å². The summed E-state index contributed by atoms with van der Waals surface area (Å²) in [6.45, 7) is 0.636. The van der Waals surface area contributed by atoms with Gasteiger partial charge in [-0.15, -0.1) is 0 Å². The Bertz CT molecular complexity index is 905. The van der Waals surface area contributed by atoms with Crippen LogP contribution in [0.1, 0.15) is 0 Å². The number of methoxy groups -OCH3 is 1. The molecule has 0 aliphatic carbocycles. The molecule has 0 spiro atoms. The number of hydrogen-bond donors (Lipinski definition) is 1. The number of rotatable bonds is 9. The second-order valence-electron chi connectivity index (χ2n) is 6.29. The fourth-order valence-electron chi connectivity index (χ4n) is 2.48. The van der Waals surface area contributed by atoms with Gasteiger partial charge in [-0.1, -0.05) is 29.8 Å². The molecule has 2 aromatic carbocycles. The molecule has 152 valence electrons. The van der Waals surface area contributed by atoms with Crippen molar-refractivity contribution in [3.05, 3.63) is 53.6 Å². The molecule has 2 aromatic rings. The van der Waals surface area contributed by atoms with Gasteiger partial charge in [0, 0.05) is 18.1 Å². The summed E-state index contributed by atoms with van der Waals surface area (Å²) in [7, 11) is 1.18. The minimum absolute atomic E-state index is 0.0677. The molecule has 0 radical (unpaired) electrons. The van der Waals surface area contributed by atoms with Gasteiger partial charge >= 0.3 is 0 Å². The summed E-state index contributed by atoms with van der Waals surface area (Å²) in [5.41, 5.74) is 0.196. The number of amides is 1. The molecule has 0 aliphatic heterocycles. The van der Waals surface area contributed by atoms with E-state index in [-0.39, 0.29) is 10.6 Å². The van der Waals surface area contributed by atoms with Crippen LogP contribution in [0.15, 0.2) is 53.4 Å². The lowest BCUT2D eigenvalue weighted by Crippen LogP contribution is -2.42. The summed E-state index contributed by atoms with van der Waals surface area (Å²) in [6.07, 6.45) is 0. The van der Waals surface area contributed by atoms with Crippen LogP contribution < -0.4 is 14.4 Å². The van der Waals surface area contributed by atoms with Gasteiger partial charge in [-0.3, -0.25) is 9.10 Å². The number of halogens is 1. The molecule has 1 amide bonds. The van der Waals surface area contributed by atoms with Crippen LogP contribution >= 0.6 is 11.6 Å². The maximum Gasteiger partial charge on any atom is 0.264 e. The summed E-state index contributed by atoms with van der Waals surface area (Å²) in [5, 5.41) is 3.06. The summed E-state index contributed by atoms with van der Waals surface area (Å²) >= 11 is 6.09. The van der Waals surface area contributed by atoms with E-state index in [0.29, 0.717) is 23.9 Å². The zero-order valence-corrected chi connectivity index (χ0v) is 17.6. The van der Waals surface area contributed by atoms with Crippen molar-refractivity contribution in [2.24, 2.45) is 0 Å². The van der Waals surface area contributed by atoms with Crippen LogP contribution in [-0.4, -0.2) is 60.1 Å². The molecule has 7 nitrogen and oxygen atoms in total. The first-order chi connectivity index (χ1) is 13.3. The zero-order chi connectivity index (χ0) is 20.7. The van der Waals surface area contributed by atoms with Crippen molar-refractivity contribution >= 4 is 33.2 Å². The predicted octanol–water partition coefficient (Wildman–Crippen LogP) is 2.22. The summed E-state index contributed by atoms with van der Waals surface area (Å²) in [4.78, 5) is 14.4. The number of carbonyl (C=O) groups is 1. The number of hydrogen-bond acceptors (Lipinski definition) is 5. The number of likely N-dealkylation sites (N-methyl/N-ethyl adjacent to an activating group) is 1. The second kappa shape index (κ2) is 9.77. The van der Waals surface area contributed by atoms with Crippen LogP contribution in [0.5, 0.6) is 5.75 Å². The molecule has 0 bridgehead atoms. The fraction of sp³-hybridized carbons (Fsp3) is 0.316. The number of benzene rings is 2. The summed E-state index contributed by atoms with van der Waals surface area (Å²) in [6, 6.07) is 12.5. The summed E-state index contributed by atoms with van der Waals surface area (Å²) in [5.74, 6) is -0.131. The van der Waals surface area contributed by atoms with Gasteiger partial charge in [0.25, 0.3) is 10.0 Å². The van der Waals surface area contributed by atoms with Gasteiger partial charge in [-0.25, -0.2) is 8.42 Å². The first-order valence-electron chi connectivity index (χ1n) is 8.58. The van der Waals surface area contributed by atoms with Gasteiger partial charge < -0.3 is 15.0 Å². The largest absolute Gasteiger partial charge is 0.495 e. The average Bonchev–Trinajstić information content (AvgIpc) is 2.66.